The number of methoxy groups -OCH3 is 2. The van der Waals surface area contributed by atoms with Crippen molar-refractivity contribution in [3.05, 3.63) is 76.2 Å². The van der Waals surface area contributed by atoms with Gasteiger partial charge in [-0.05, 0) is 47.6 Å². The van der Waals surface area contributed by atoms with Gasteiger partial charge in [0.05, 0.1) is 43.0 Å². The molecule has 284 valence electrons. The van der Waals surface area contributed by atoms with E-state index in [0.29, 0.717) is 29.5 Å². The molecule has 0 bridgehead atoms. The van der Waals surface area contributed by atoms with Gasteiger partial charge in [-0.15, -0.1) is 11.3 Å². The van der Waals surface area contributed by atoms with E-state index >= 15 is 0 Å². The third kappa shape index (κ3) is 10.4. The highest BCUT2D eigenvalue weighted by atomic mass is 32.2. The molecule has 0 radical (unpaired) electrons. The number of thiazole rings is 1. The standard InChI is InChI=1S/C37H51N5O8S2/c1-8-25(2)34(42-21-33(44)41(36(42)46)19-27-23-51-32(38-27)22-49-6)35(45)39-30(18-26-12-10-9-11-13-26)31(43)20-40(24-37(3,4)5)52(47,48)29-16-14-28(50-7)15-17-29/h9-17,23,25,30-31,34,43H,8,18-22,24H2,1-7H3,(H,39,45)/t25-,30-,31-,34-/m0/s1. The van der Waals surface area contributed by atoms with Gasteiger partial charge in [-0.1, -0.05) is 71.4 Å². The molecule has 3 aromatic rings. The molecule has 13 nitrogen and oxygen atoms in total. The summed E-state index contributed by atoms with van der Waals surface area (Å²) in [5, 5.41) is 17.3. The van der Waals surface area contributed by atoms with E-state index in [0.717, 1.165) is 10.5 Å². The van der Waals surface area contributed by atoms with Crippen LogP contribution in [-0.2, 0) is 43.9 Å². The van der Waals surface area contributed by atoms with Gasteiger partial charge in [0.25, 0.3) is 5.91 Å². The number of amides is 4. The van der Waals surface area contributed by atoms with Crippen LogP contribution in [0.25, 0.3) is 0 Å². The largest absolute Gasteiger partial charge is 0.497 e. The fourth-order valence-electron chi connectivity index (χ4n) is 6.07. The van der Waals surface area contributed by atoms with E-state index in [1.165, 1.54) is 39.8 Å². The second-order valence-electron chi connectivity index (χ2n) is 14.3. The van der Waals surface area contributed by atoms with Crippen LogP contribution in [0.1, 0.15) is 57.3 Å². The Hall–Kier alpha value is -3.89. The molecule has 1 saturated heterocycles. The van der Waals surface area contributed by atoms with Gasteiger partial charge in [-0.2, -0.15) is 4.31 Å². The van der Waals surface area contributed by atoms with E-state index in [-0.39, 0.29) is 43.4 Å². The number of carbonyl (C=O) groups is 3. The normalized spacial score (nSPS) is 16.2. The van der Waals surface area contributed by atoms with Crippen molar-refractivity contribution in [2.75, 3.05) is 33.9 Å². The zero-order valence-electron chi connectivity index (χ0n) is 30.9. The number of benzene rings is 2. The first-order valence-electron chi connectivity index (χ1n) is 17.3. The molecule has 1 aromatic heterocycles. The minimum Gasteiger partial charge on any atom is -0.497 e. The van der Waals surface area contributed by atoms with E-state index in [1.807, 2.05) is 65.0 Å². The van der Waals surface area contributed by atoms with Gasteiger partial charge >= 0.3 is 6.03 Å². The second kappa shape index (κ2) is 17.8. The van der Waals surface area contributed by atoms with Gasteiger partial charge in [0.15, 0.2) is 0 Å². The molecule has 1 aliphatic rings. The van der Waals surface area contributed by atoms with Crippen molar-refractivity contribution in [3.63, 3.8) is 0 Å². The molecule has 4 amide bonds. The molecule has 52 heavy (non-hydrogen) atoms. The number of hydrogen-bond donors (Lipinski definition) is 2. The van der Waals surface area contributed by atoms with E-state index in [1.54, 1.807) is 24.6 Å². The number of urea groups is 1. The zero-order valence-corrected chi connectivity index (χ0v) is 32.6. The monoisotopic (exact) mass is 757 g/mol. The lowest BCUT2D eigenvalue weighted by Crippen LogP contribution is -2.57. The number of aliphatic hydroxyl groups is 1. The maximum atomic E-state index is 14.3. The second-order valence-corrected chi connectivity index (χ2v) is 17.2. The van der Waals surface area contributed by atoms with Gasteiger partial charge < -0.3 is 24.8 Å². The fraction of sp³-hybridized carbons (Fsp3) is 0.514. The number of aromatic nitrogens is 1. The zero-order chi connectivity index (χ0) is 38.2. The van der Waals surface area contributed by atoms with E-state index in [4.69, 9.17) is 9.47 Å². The molecule has 15 heteroatoms. The molecular formula is C37H51N5O8S2. The van der Waals surface area contributed by atoms with Crippen molar-refractivity contribution in [2.45, 2.75) is 83.7 Å². The summed E-state index contributed by atoms with van der Waals surface area (Å²) in [5.74, 6) is -0.848. The highest BCUT2D eigenvalue weighted by molar-refractivity contribution is 7.89. The third-order valence-corrected chi connectivity index (χ3v) is 11.6. The number of aliphatic hydroxyl groups excluding tert-OH is 1. The Morgan fingerprint density at radius 3 is 2.37 bits per heavy atom. The van der Waals surface area contributed by atoms with Crippen molar-refractivity contribution in [1.29, 1.82) is 0 Å². The van der Waals surface area contributed by atoms with Crippen LogP contribution < -0.4 is 10.1 Å². The summed E-state index contributed by atoms with van der Waals surface area (Å²) in [6.07, 6.45) is -0.650. The van der Waals surface area contributed by atoms with Crippen molar-refractivity contribution < 1.29 is 37.4 Å². The molecular weight excluding hydrogens is 707 g/mol. The van der Waals surface area contributed by atoms with Crippen LogP contribution in [0.5, 0.6) is 5.75 Å². The quantitative estimate of drug-likeness (QED) is 0.181. The summed E-state index contributed by atoms with van der Waals surface area (Å²) in [6, 6.07) is 12.7. The SMILES string of the molecule is CC[C@H](C)[C@@H](C(=O)N[C@@H](Cc1ccccc1)[C@@H](O)CN(CC(C)(C)C)S(=O)(=O)c1ccc(OC)cc1)N1CC(=O)N(Cc2csc(COC)n2)C1=O. The van der Waals surface area contributed by atoms with Crippen LogP contribution in [0.2, 0.25) is 0 Å². The average molecular weight is 758 g/mol. The summed E-state index contributed by atoms with van der Waals surface area (Å²) < 4.78 is 39.6. The Balaban J connectivity index is 1.62. The lowest BCUT2D eigenvalue weighted by molar-refractivity contribution is -0.129. The van der Waals surface area contributed by atoms with Crippen molar-refractivity contribution in [1.82, 2.24) is 24.4 Å². The maximum Gasteiger partial charge on any atom is 0.328 e. The van der Waals surface area contributed by atoms with E-state index < -0.39 is 51.5 Å². The summed E-state index contributed by atoms with van der Waals surface area (Å²) in [6.45, 7) is 9.19. The predicted octanol–water partition coefficient (Wildman–Crippen LogP) is 4.30. The number of ether oxygens (including phenoxy) is 2. The van der Waals surface area contributed by atoms with Crippen LogP contribution in [0, 0.1) is 11.3 Å². The smallest absolute Gasteiger partial charge is 0.328 e. The molecule has 2 heterocycles. The summed E-state index contributed by atoms with van der Waals surface area (Å²) in [7, 11) is -1.03. The van der Waals surface area contributed by atoms with Gasteiger partial charge in [-0.3, -0.25) is 14.5 Å². The molecule has 4 rings (SSSR count). The fourth-order valence-corrected chi connectivity index (χ4v) is 8.51. The lowest BCUT2D eigenvalue weighted by Gasteiger charge is -2.35. The van der Waals surface area contributed by atoms with Crippen LogP contribution in [0.3, 0.4) is 0 Å². The number of hydrogen-bond acceptors (Lipinski definition) is 10. The third-order valence-electron chi connectivity index (χ3n) is 8.89. The molecule has 0 saturated carbocycles. The van der Waals surface area contributed by atoms with Crippen molar-refractivity contribution >= 4 is 39.2 Å². The minimum absolute atomic E-state index is 0.0369. The minimum atomic E-state index is -4.09. The van der Waals surface area contributed by atoms with Crippen LogP contribution in [0.15, 0.2) is 64.9 Å². The molecule has 0 aliphatic carbocycles. The van der Waals surface area contributed by atoms with Gasteiger partial charge in [-0.25, -0.2) is 18.2 Å². The maximum absolute atomic E-state index is 14.3. The van der Waals surface area contributed by atoms with Crippen molar-refractivity contribution in [2.24, 2.45) is 11.3 Å². The summed E-state index contributed by atoms with van der Waals surface area (Å²) >= 11 is 1.37. The topological polar surface area (TPSA) is 159 Å². The Morgan fingerprint density at radius 1 is 1.10 bits per heavy atom. The number of rotatable bonds is 18. The van der Waals surface area contributed by atoms with Gasteiger partial charge in [0.2, 0.25) is 15.9 Å². The highest BCUT2D eigenvalue weighted by Crippen LogP contribution is 2.27. The van der Waals surface area contributed by atoms with Crippen molar-refractivity contribution in [3.8, 4) is 5.75 Å². The Morgan fingerprint density at radius 2 is 1.77 bits per heavy atom. The number of nitrogens with zero attached hydrogens (tertiary/aromatic N) is 4. The Bertz CT molecular complexity index is 1760. The highest BCUT2D eigenvalue weighted by Gasteiger charge is 2.45. The van der Waals surface area contributed by atoms with Crippen LogP contribution in [0.4, 0.5) is 4.79 Å². The first-order chi connectivity index (χ1) is 24.6. The van der Waals surface area contributed by atoms with Gasteiger partial charge in [0, 0.05) is 25.6 Å². The first kappa shape index (κ1) is 40.9. The molecule has 2 N–H and O–H groups in total. The summed E-state index contributed by atoms with van der Waals surface area (Å²) in [5.41, 5.74) is 0.875. The van der Waals surface area contributed by atoms with Crippen LogP contribution in [-0.4, -0.2) is 103 Å². The lowest BCUT2D eigenvalue weighted by atomic mass is 9.94. The molecule has 4 atom stereocenters. The molecule has 1 aliphatic heterocycles. The first-order valence-corrected chi connectivity index (χ1v) is 19.6. The number of nitrogens with one attached hydrogen (secondary N) is 1. The number of sulfonamides is 1. The number of imide groups is 1. The molecule has 0 spiro atoms. The van der Waals surface area contributed by atoms with E-state index in [9.17, 15) is 27.9 Å². The molecule has 0 unspecified atom stereocenters. The number of carbonyl (C=O) groups excluding carboxylic acids is 3. The van der Waals surface area contributed by atoms with E-state index in [2.05, 4.69) is 10.3 Å². The van der Waals surface area contributed by atoms with Crippen LogP contribution >= 0.6 is 11.3 Å². The summed E-state index contributed by atoms with van der Waals surface area (Å²) in [4.78, 5) is 48.1. The Labute approximate surface area is 311 Å². The Kier molecular flexibility index (Phi) is 14.0. The average Bonchev–Trinajstić information content (AvgIpc) is 3.66. The molecule has 1 fully saturated rings. The van der Waals surface area contributed by atoms with Gasteiger partial charge in [0.1, 0.15) is 23.3 Å². The molecule has 2 aromatic carbocycles. The predicted molar refractivity (Wildman–Crippen MR) is 198 cm³/mol.